The average molecular weight is 348 g/mol. The van der Waals surface area contributed by atoms with Gasteiger partial charge in [-0.2, -0.15) is 0 Å². The summed E-state index contributed by atoms with van der Waals surface area (Å²) in [5.74, 6) is -0.124. The largest absolute Gasteiger partial charge is 0.504 e. The van der Waals surface area contributed by atoms with Crippen molar-refractivity contribution in [1.82, 2.24) is 0 Å². The summed E-state index contributed by atoms with van der Waals surface area (Å²) in [5, 5.41) is 9.81. The summed E-state index contributed by atoms with van der Waals surface area (Å²) < 4.78 is 18.1. The van der Waals surface area contributed by atoms with E-state index in [1.54, 1.807) is 42.5 Å². The summed E-state index contributed by atoms with van der Waals surface area (Å²) in [6, 6.07) is 18.1. The van der Waals surface area contributed by atoms with Crippen molar-refractivity contribution in [1.29, 1.82) is 0 Å². The molecule has 4 heteroatoms. The fourth-order valence-electron chi connectivity index (χ4n) is 2.65. The zero-order valence-corrected chi connectivity index (χ0v) is 14.1. The van der Waals surface area contributed by atoms with Crippen molar-refractivity contribution in [2.45, 2.75) is 0 Å². The van der Waals surface area contributed by atoms with Crippen LogP contribution in [0.25, 0.3) is 17.2 Å². The average Bonchev–Trinajstić information content (AvgIpc) is 2.67. The summed E-state index contributed by atoms with van der Waals surface area (Å²) in [5.41, 5.74) is 2.70. The van der Waals surface area contributed by atoms with E-state index in [1.807, 2.05) is 12.1 Å². The number of hydrogen-bond donors (Lipinski definition) is 1. The first kappa shape index (κ1) is 17.4. The lowest BCUT2D eigenvalue weighted by atomic mass is 9.96. The maximum atomic E-state index is 13.1. The van der Waals surface area contributed by atoms with Crippen LogP contribution in [0.1, 0.15) is 15.9 Å². The van der Waals surface area contributed by atoms with Gasteiger partial charge in [0.15, 0.2) is 17.3 Å². The van der Waals surface area contributed by atoms with E-state index < -0.39 is 0 Å². The van der Waals surface area contributed by atoms with Crippen LogP contribution in [0.4, 0.5) is 4.39 Å². The third-order valence-electron chi connectivity index (χ3n) is 3.98. The van der Waals surface area contributed by atoms with E-state index in [0.717, 1.165) is 11.1 Å². The number of carbonyl (C=O) groups is 1. The van der Waals surface area contributed by atoms with Crippen molar-refractivity contribution in [3.05, 3.63) is 89.8 Å². The highest BCUT2D eigenvalue weighted by atomic mass is 19.1. The molecule has 1 N–H and O–H groups in total. The Labute approximate surface area is 151 Å². The molecule has 0 fully saturated rings. The quantitative estimate of drug-likeness (QED) is 0.515. The van der Waals surface area contributed by atoms with E-state index in [-0.39, 0.29) is 17.3 Å². The fourth-order valence-corrected chi connectivity index (χ4v) is 2.65. The number of rotatable bonds is 5. The Bertz CT molecular complexity index is 959. The number of benzene rings is 3. The van der Waals surface area contributed by atoms with Gasteiger partial charge in [-0.3, -0.25) is 4.79 Å². The lowest BCUT2D eigenvalue weighted by Gasteiger charge is -2.07. The Morgan fingerprint density at radius 3 is 2.46 bits per heavy atom. The van der Waals surface area contributed by atoms with Crippen LogP contribution in [0.5, 0.6) is 11.5 Å². The Hall–Kier alpha value is -3.40. The predicted molar refractivity (Wildman–Crippen MR) is 99.9 cm³/mol. The predicted octanol–water partition coefficient (Wildman–Crippen LogP) is 5.10. The Balaban J connectivity index is 1.89. The van der Waals surface area contributed by atoms with Crippen molar-refractivity contribution < 1.29 is 19.0 Å². The highest BCUT2D eigenvalue weighted by molar-refractivity contribution is 6.10. The minimum Gasteiger partial charge on any atom is -0.504 e. The van der Waals surface area contributed by atoms with Crippen LogP contribution in [0.2, 0.25) is 0 Å². The topological polar surface area (TPSA) is 46.5 Å². The molecule has 130 valence electrons. The summed E-state index contributed by atoms with van der Waals surface area (Å²) in [6.07, 6.45) is 3.08. The molecule has 0 aliphatic heterocycles. The molecule has 0 saturated carbocycles. The van der Waals surface area contributed by atoms with Crippen LogP contribution >= 0.6 is 0 Å². The number of aromatic hydroxyl groups is 1. The molecule has 0 saturated heterocycles. The maximum Gasteiger partial charge on any atom is 0.186 e. The van der Waals surface area contributed by atoms with Crippen molar-refractivity contribution in [2.24, 2.45) is 0 Å². The van der Waals surface area contributed by atoms with Gasteiger partial charge in [0.25, 0.3) is 0 Å². The van der Waals surface area contributed by atoms with Crippen LogP contribution in [0.15, 0.2) is 72.8 Å². The van der Waals surface area contributed by atoms with Crippen LogP contribution < -0.4 is 4.74 Å². The van der Waals surface area contributed by atoms with E-state index in [2.05, 4.69) is 0 Å². The van der Waals surface area contributed by atoms with Gasteiger partial charge in [-0.25, -0.2) is 4.39 Å². The molecular weight excluding hydrogens is 331 g/mol. The van der Waals surface area contributed by atoms with Gasteiger partial charge in [-0.15, -0.1) is 0 Å². The monoisotopic (exact) mass is 348 g/mol. The number of allylic oxidation sites excluding steroid dienone is 1. The Morgan fingerprint density at radius 2 is 1.77 bits per heavy atom. The third kappa shape index (κ3) is 3.81. The number of methoxy groups -OCH3 is 1. The number of carbonyl (C=O) groups excluding carboxylic acids is 1. The number of halogens is 1. The molecule has 3 nitrogen and oxygen atoms in total. The van der Waals surface area contributed by atoms with Crippen LogP contribution in [0.3, 0.4) is 0 Å². The second kappa shape index (κ2) is 7.66. The first-order valence-electron chi connectivity index (χ1n) is 8.03. The molecule has 3 aromatic carbocycles. The Morgan fingerprint density at radius 1 is 1.04 bits per heavy atom. The van der Waals surface area contributed by atoms with Crippen molar-refractivity contribution in [3.63, 3.8) is 0 Å². The Kier molecular flexibility index (Phi) is 5.13. The van der Waals surface area contributed by atoms with Gasteiger partial charge in [0.05, 0.1) is 7.11 Å². The van der Waals surface area contributed by atoms with Gasteiger partial charge in [0, 0.05) is 5.56 Å². The molecule has 0 atom stereocenters. The molecule has 0 radical (unpaired) electrons. The van der Waals surface area contributed by atoms with E-state index in [9.17, 15) is 14.3 Å². The second-order valence-electron chi connectivity index (χ2n) is 5.68. The van der Waals surface area contributed by atoms with E-state index in [0.29, 0.717) is 16.9 Å². The molecular formula is C22H17FO3. The summed E-state index contributed by atoms with van der Waals surface area (Å²) in [7, 11) is 1.47. The zero-order chi connectivity index (χ0) is 18.5. The zero-order valence-electron chi connectivity index (χ0n) is 14.1. The fraction of sp³-hybridized carbons (Fsp3) is 0.0455. The highest BCUT2D eigenvalue weighted by Crippen LogP contribution is 2.27. The van der Waals surface area contributed by atoms with E-state index in [1.165, 1.54) is 31.4 Å². The highest BCUT2D eigenvalue weighted by Gasteiger charge is 2.10. The summed E-state index contributed by atoms with van der Waals surface area (Å²) in [4.78, 5) is 12.6. The van der Waals surface area contributed by atoms with Crippen molar-refractivity contribution in [2.75, 3.05) is 7.11 Å². The molecule has 26 heavy (non-hydrogen) atoms. The molecule has 0 bridgehead atoms. The second-order valence-corrected chi connectivity index (χ2v) is 5.68. The minimum absolute atomic E-state index is 0.00816. The van der Waals surface area contributed by atoms with Gasteiger partial charge in [-0.1, -0.05) is 48.5 Å². The molecule has 3 rings (SSSR count). The van der Waals surface area contributed by atoms with Crippen molar-refractivity contribution in [3.8, 4) is 22.6 Å². The molecule has 3 aromatic rings. The lowest BCUT2D eigenvalue weighted by molar-refractivity contribution is 0.104. The van der Waals surface area contributed by atoms with Gasteiger partial charge in [-0.05, 0) is 47.0 Å². The maximum absolute atomic E-state index is 13.1. The number of ketones is 1. The summed E-state index contributed by atoms with van der Waals surface area (Å²) >= 11 is 0. The first-order valence-corrected chi connectivity index (χ1v) is 8.03. The molecule has 0 amide bonds. The normalized spacial score (nSPS) is 10.8. The van der Waals surface area contributed by atoms with Crippen LogP contribution in [-0.2, 0) is 0 Å². The van der Waals surface area contributed by atoms with Crippen LogP contribution in [-0.4, -0.2) is 18.0 Å². The van der Waals surface area contributed by atoms with Gasteiger partial charge >= 0.3 is 0 Å². The molecule has 0 aliphatic carbocycles. The standard InChI is InChI=1S/C22H17FO3/c1-26-22-13-7-15(14-21(22)25)6-12-20(24)19-5-3-2-4-18(19)16-8-10-17(23)11-9-16/h2-14,25H,1H3. The number of phenolic OH excluding ortho intramolecular Hbond substituents is 1. The van der Waals surface area contributed by atoms with Gasteiger partial charge in [0.2, 0.25) is 0 Å². The van der Waals surface area contributed by atoms with Gasteiger partial charge in [0.1, 0.15) is 5.82 Å². The SMILES string of the molecule is COc1ccc(C=CC(=O)c2ccccc2-c2ccc(F)cc2)cc1O. The van der Waals surface area contributed by atoms with E-state index >= 15 is 0 Å². The van der Waals surface area contributed by atoms with Crippen LogP contribution in [0, 0.1) is 5.82 Å². The van der Waals surface area contributed by atoms with E-state index in [4.69, 9.17) is 4.74 Å². The summed E-state index contributed by atoms with van der Waals surface area (Å²) in [6.45, 7) is 0. The molecule has 0 spiro atoms. The molecule has 0 aromatic heterocycles. The lowest BCUT2D eigenvalue weighted by Crippen LogP contribution is -1.97. The smallest absolute Gasteiger partial charge is 0.186 e. The number of phenols is 1. The molecule has 0 unspecified atom stereocenters. The van der Waals surface area contributed by atoms with Gasteiger partial charge < -0.3 is 9.84 Å². The first-order chi connectivity index (χ1) is 12.6. The number of ether oxygens (including phenoxy) is 1. The molecule has 0 aliphatic rings. The molecule has 0 heterocycles. The third-order valence-corrected chi connectivity index (χ3v) is 3.98. The van der Waals surface area contributed by atoms with Crippen molar-refractivity contribution >= 4 is 11.9 Å². The number of hydrogen-bond acceptors (Lipinski definition) is 3. The minimum atomic E-state index is -0.322.